The van der Waals surface area contributed by atoms with Crippen molar-refractivity contribution in [2.45, 2.75) is 38.0 Å². The van der Waals surface area contributed by atoms with Crippen molar-refractivity contribution < 1.29 is 26.3 Å². The molecule has 1 aliphatic heterocycles. The molecule has 1 aromatic heterocycles. The van der Waals surface area contributed by atoms with Crippen LogP contribution in [-0.2, 0) is 10.0 Å². The van der Waals surface area contributed by atoms with Gasteiger partial charge in [-0.1, -0.05) is 18.2 Å². The fourth-order valence-electron chi connectivity index (χ4n) is 4.20. The van der Waals surface area contributed by atoms with E-state index >= 15 is 0 Å². The predicted octanol–water partition coefficient (Wildman–Crippen LogP) is 2.57. The number of aromatic nitrogens is 2. The lowest BCUT2D eigenvalue weighted by atomic mass is 10.2. The van der Waals surface area contributed by atoms with Crippen LogP contribution >= 0.6 is 0 Å². The monoisotopic (exact) mass is 486 g/mol. The smallest absolute Gasteiger partial charge is 0.404 e. The zero-order valence-electron chi connectivity index (χ0n) is 17.9. The first-order valence-corrected chi connectivity index (χ1v) is 12.4. The van der Waals surface area contributed by atoms with Crippen molar-refractivity contribution in [3.63, 3.8) is 0 Å². The molecule has 1 saturated carbocycles. The zero-order chi connectivity index (χ0) is 23.6. The molecule has 4 rings (SSSR count). The average molecular weight is 487 g/mol. The Labute approximate surface area is 189 Å². The number of sulfonamides is 1. The van der Waals surface area contributed by atoms with E-state index in [0.717, 1.165) is 30.0 Å². The normalized spacial score (nSPS) is 18.6. The highest BCUT2D eigenvalue weighted by Gasteiger charge is 2.39. The number of ether oxygens (including phenoxy) is 1. The zero-order valence-corrected chi connectivity index (χ0v) is 18.7. The van der Waals surface area contributed by atoms with Crippen LogP contribution in [0.2, 0.25) is 0 Å². The van der Waals surface area contributed by atoms with Crippen molar-refractivity contribution >= 4 is 15.7 Å². The minimum atomic E-state index is -4.80. The van der Waals surface area contributed by atoms with Gasteiger partial charge in [-0.25, -0.2) is 8.42 Å². The number of nitrogens with zero attached hydrogens (tertiary/aromatic N) is 4. The number of anilines is 1. The molecular formula is C21H25F3N4O4S. The summed E-state index contributed by atoms with van der Waals surface area (Å²) in [7, 11) is -4.46. The summed E-state index contributed by atoms with van der Waals surface area (Å²) in [6.07, 6.45) is 0.271. The van der Waals surface area contributed by atoms with E-state index in [0.29, 0.717) is 11.4 Å². The third-order valence-electron chi connectivity index (χ3n) is 5.82. The van der Waals surface area contributed by atoms with E-state index in [9.17, 15) is 26.4 Å². The number of piperazine rings is 1. The van der Waals surface area contributed by atoms with Gasteiger partial charge in [0.25, 0.3) is 0 Å². The summed E-state index contributed by atoms with van der Waals surface area (Å²) in [6, 6.07) is 8.89. The standard InChI is InChI=1S/C21H25F3N4O4S/c22-21(23,24)15-33(30,31)27-12-10-26(11-13-27)18-14-25-28(16-6-2-1-3-7-16)20(29)19(18)32-17-8-4-5-9-17/h1-3,6-7,14,17H,4-5,8-13,15H2. The van der Waals surface area contributed by atoms with E-state index in [1.165, 1.54) is 10.9 Å². The van der Waals surface area contributed by atoms with Crippen LogP contribution in [0.25, 0.3) is 5.69 Å². The quantitative estimate of drug-likeness (QED) is 0.624. The van der Waals surface area contributed by atoms with Crippen LogP contribution in [0.5, 0.6) is 5.75 Å². The van der Waals surface area contributed by atoms with Crippen molar-refractivity contribution in [1.82, 2.24) is 14.1 Å². The summed E-state index contributed by atoms with van der Waals surface area (Å²) in [5, 5.41) is 4.28. The van der Waals surface area contributed by atoms with E-state index in [4.69, 9.17) is 4.74 Å². The maximum absolute atomic E-state index is 13.3. The second-order valence-corrected chi connectivity index (χ2v) is 10.2. The summed E-state index contributed by atoms with van der Waals surface area (Å²) in [6.45, 7) is -0.00469. The van der Waals surface area contributed by atoms with Crippen LogP contribution in [-0.4, -0.2) is 66.7 Å². The first-order chi connectivity index (χ1) is 15.6. The summed E-state index contributed by atoms with van der Waals surface area (Å²) in [5.41, 5.74) is 0.568. The Morgan fingerprint density at radius 1 is 1.03 bits per heavy atom. The third-order valence-corrected chi connectivity index (χ3v) is 7.67. The topological polar surface area (TPSA) is 84.7 Å². The molecular weight excluding hydrogens is 461 g/mol. The van der Waals surface area contributed by atoms with Gasteiger partial charge < -0.3 is 9.64 Å². The molecule has 12 heteroatoms. The molecule has 8 nitrogen and oxygen atoms in total. The van der Waals surface area contributed by atoms with Gasteiger partial charge in [-0.15, -0.1) is 0 Å². The van der Waals surface area contributed by atoms with Gasteiger partial charge in [-0.05, 0) is 37.8 Å². The second-order valence-electron chi connectivity index (χ2n) is 8.19. The molecule has 0 spiro atoms. The van der Waals surface area contributed by atoms with Crippen molar-refractivity contribution in [2.75, 3.05) is 36.8 Å². The van der Waals surface area contributed by atoms with E-state index in [2.05, 4.69) is 5.10 Å². The summed E-state index contributed by atoms with van der Waals surface area (Å²) < 4.78 is 70.3. The number of para-hydroxylation sites is 1. The number of benzene rings is 1. The lowest BCUT2D eigenvalue weighted by Gasteiger charge is -2.36. The molecule has 0 unspecified atom stereocenters. The van der Waals surface area contributed by atoms with Gasteiger partial charge in [0.2, 0.25) is 15.8 Å². The maximum atomic E-state index is 13.3. The lowest BCUT2D eigenvalue weighted by molar-refractivity contribution is -0.107. The van der Waals surface area contributed by atoms with Crippen LogP contribution in [0.1, 0.15) is 25.7 Å². The molecule has 2 fully saturated rings. The molecule has 0 N–H and O–H groups in total. The van der Waals surface area contributed by atoms with E-state index in [1.54, 1.807) is 29.2 Å². The predicted molar refractivity (Wildman–Crippen MR) is 116 cm³/mol. The first kappa shape index (κ1) is 23.6. The molecule has 0 bridgehead atoms. The highest BCUT2D eigenvalue weighted by atomic mass is 32.2. The van der Waals surface area contributed by atoms with E-state index < -0.39 is 27.5 Å². The number of hydrogen-bond donors (Lipinski definition) is 0. The molecule has 1 saturated heterocycles. The molecule has 0 radical (unpaired) electrons. The summed E-state index contributed by atoms with van der Waals surface area (Å²) >= 11 is 0. The van der Waals surface area contributed by atoms with Crippen molar-refractivity contribution in [1.29, 1.82) is 0 Å². The van der Waals surface area contributed by atoms with Crippen LogP contribution in [0.3, 0.4) is 0 Å². The SMILES string of the molecule is O=c1c(OC2CCCC2)c(N2CCN(S(=O)(=O)CC(F)(F)F)CC2)cnn1-c1ccccc1. The van der Waals surface area contributed by atoms with E-state index in [-0.39, 0.29) is 38.0 Å². The molecule has 1 aliphatic carbocycles. The maximum Gasteiger partial charge on any atom is 0.404 e. The van der Waals surface area contributed by atoms with Crippen molar-refractivity contribution in [2.24, 2.45) is 0 Å². The first-order valence-electron chi connectivity index (χ1n) is 10.8. The van der Waals surface area contributed by atoms with E-state index in [1.807, 2.05) is 6.07 Å². The molecule has 1 aromatic carbocycles. The second kappa shape index (κ2) is 9.34. The Morgan fingerprint density at radius 2 is 1.67 bits per heavy atom. The van der Waals surface area contributed by atoms with Crippen LogP contribution in [0, 0.1) is 0 Å². The Kier molecular flexibility index (Phi) is 6.66. The minimum Gasteiger partial charge on any atom is -0.483 e. The molecule has 0 amide bonds. The molecule has 2 heterocycles. The molecule has 33 heavy (non-hydrogen) atoms. The van der Waals surface area contributed by atoms with Crippen LogP contribution in [0.4, 0.5) is 18.9 Å². The summed E-state index contributed by atoms with van der Waals surface area (Å²) in [5.74, 6) is -1.75. The highest BCUT2D eigenvalue weighted by Crippen LogP contribution is 2.30. The van der Waals surface area contributed by atoms with Crippen molar-refractivity contribution in [3.8, 4) is 11.4 Å². The van der Waals surface area contributed by atoms with Gasteiger partial charge in [0, 0.05) is 26.2 Å². The van der Waals surface area contributed by atoms with Crippen LogP contribution < -0.4 is 15.2 Å². The molecule has 0 atom stereocenters. The Morgan fingerprint density at radius 3 is 2.27 bits per heavy atom. The Bertz CT molecular complexity index is 1120. The average Bonchev–Trinajstić information content (AvgIpc) is 3.27. The highest BCUT2D eigenvalue weighted by molar-refractivity contribution is 7.89. The van der Waals surface area contributed by atoms with Gasteiger partial charge in [0.1, 0.15) is 5.69 Å². The van der Waals surface area contributed by atoms with Gasteiger partial charge in [0.15, 0.2) is 5.75 Å². The number of halogens is 3. The number of hydrogen-bond acceptors (Lipinski definition) is 6. The van der Waals surface area contributed by atoms with Gasteiger partial charge >= 0.3 is 11.7 Å². The molecule has 2 aliphatic rings. The fraction of sp³-hybridized carbons (Fsp3) is 0.524. The molecule has 2 aromatic rings. The fourth-order valence-corrected chi connectivity index (χ4v) is 5.51. The summed E-state index contributed by atoms with van der Waals surface area (Å²) in [4.78, 5) is 15.1. The van der Waals surface area contributed by atoms with Gasteiger partial charge in [-0.2, -0.15) is 27.3 Å². The van der Waals surface area contributed by atoms with Gasteiger partial charge in [0.05, 0.1) is 18.0 Å². The number of alkyl halides is 3. The number of rotatable bonds is 6. The third kappa shape index (κ3) is 5.49. The Balaban J connectivity index is 1.60. The largest absolute Gasteiger partial charge is 0.483 e. The lowest BCUT2D eigenvalue weighted by Crippen LogP contribution is -2.51. The Hall–Kier alpha value is -2.60. The van der Waals surface area contributed by atoms with Crippen molar-refractivity contribution in [3.05, 3.63) is 46.9 Å². The van der Waals surface area contributed by atoms with Crippen LogP contribution in [0.15, 0.2) is 41.3 Å². The molecule has 180 valence electrons. The minimum absolute atomic E-state index is 0.100. The van der Waals surface area contributed by atoms with Gasteiger partial charge in [-0.3, -0.25) is 4.79 Å².